The van der Waals surface area contributed by atoms with Crippen LogP contribution in [0, 0.1) is 0 Å². The highest BCUT2D eigenvalue weighted by atomic mass is 32.2. The van der Waals surface area contributed by atoms with Crippen molar-refractivity contribution in [3.8, 4) is 0 Å². The molecule has 1 aliphatic carbocycles. The van der Waals surface area contributed by atoms with Crippen LogP contribution in [-0.4, -0.2) is 21.2 Å². The number of carbonyl (C=O) groups excluding carboxylic acids is 1. The van der Waals surface area contributed by atoms with Crippen LogP contribution in [0.25, 0.3) is 10.9 Å². The average Bonchev–Trinajstić information content (AvgIpc) is 3.68. The summed E-state index contributed by atoms with van der Waals surface area (Å²) in [6.07, 6.45) is 1.93. The molecule has 1 heterocycles. The summed E-state index contributed by atoms with van der Waals surface area (Å²) in [5.41, 5.74) is 2.76. The average molecular weight is 456 g/mol. The fourth-order valence-electron chi connectivity index (χ4n) is 3.43. The number of azo groups is 1. The molecular formula is C25H21N5O2S. The van der Waals surface area contributed by atoms with Crippen molar-refractivity contribution >= 4 is 45.6 Å². The van der Waals surface area contributed by atoms with Gasteiger partial charge in [-0.25, -0.2) is 4.98 Å². The van der Waals surface area contributed by atoms with Crippen molar-refractivity contribution in [1.82, 2.24) is 9.55 Å². The Morgan fingerprint density at radius 3 is 2.33 bits per heavy atom. The van der Waals surface area contributed by atoms with Crippen LogP contribution in [-0.2, 0) is 4.79 Å². The lowest BCUT2D eigenvalue weighted by Crippen LogP contribution is -2.23. The third-order valence-corrected chi connectivity index (χ3v) is 6.16. The molecule has 1 amide bonds. The Hall–Kier alpha value is -3.78. The van der Waals surface area contributed by atoms with E-state index < -0.39 is 0 Å². The summed E-state index contributed by atoms with van der Waals surface area (Å²) < 4.78 is 1.74. The molecular weight excluding hydrogens is 434 g/mol. The van der Waals surface area contributed by atoms with E-state index in [2.05, 4.69) is 20.5 Å². The summed E-state index contributed by atoms with van der Waals surface area (Å²) in [5, 5.41) is 12.5. The largest absolute Gasteiger partial charge is 0.325 e. The summed E-state index contributed by atoms with van der Waals surface area (Å²) in [6.45, 7) is 0. The van der Waals surface area contributed by atoms with Crippen molar-refractivity contribution < 1.29 is 4.79 Å². The van der Waals surface area contributed by atoms with Crippen molar-refractivity contribution in [1.29, 1.82) is 0 Å². The fraction of sp³-hybridized carbons (Fsp3) is 0.160. The number of amides is 1. The molecule has 0 aliphatic heterocycles. The summed E-state index contributed by atoms with van der Waals surface area (Å²) in [5.74, 6) is -0.00381. The van der Waals surface area contributed by atoms with Gasteiger partial charge in [-0.15, -0.1) is 0 Å². The minimum Gasteiger partial charge on any atom is -0.325 e. The number of benzene rings is 3. The second kappa shape index (κ2) is 9.38. The van der Waals surface area contributed by atoms with Gasteiger partial charge in [-0.1, -0.05) is 42.1 Å². The number of anilines is 1. The maximum Gasteiger partial charge on any atom is 0.262 e. The van der Waals surface area contributed by atoms with Crippen LogP contribution < -0.4 is 10.9 Å². The molecule has 1 saturated carbocycles. The predicted octanol–water partition coefficient (Wildman–Crippen LogP) is 5.88. The third-order valence-electron chi connectivity index (χ3n) is 5.21. The zero-order valence-electron chi connectivity index (χ0n) is 17.7. The minimum absolute atomic E-state index is 0.0359. The molecule has 0 saturated heterocycles. The number of para-hydroxylation sites is 1. The summed E-state index contributed by atoms with van der Waals surface area (Å²) in [7, 11) is 0. The number of aromatic nitrogens is 2. The molecule has 1 N–H and O–H groups in total. The summed E-state index contributed by atoms with van der Waals surface area (Å²) in [4.78, 5) is 30.1. The molecule has 4 aromatic rings. The van der Waals surface area contributed by atoms with Gasteiger partial charge in [0.2, 0.25) is 5.91 Å². The Labute approximate surface area is 194 Å². The maximum absolute atomic E-state index is 12.9. The first-order valence-corrected chi connectivity index (χ1v) is 11.7. The van der Waals surface area contributed by atoms with Gasteiger partial charge in [-0.2, -0.15) is 10.2 Å². The Morgan fingerprint density at radius 1 is 0.939 bits per heavy atom. The zero-order valence-corrected chi connectivity index (χ0v) is 18.5. The first kappa shape index (κ1) is 21.1. The first-order chi connectivity index (χ1) is 16.2. The lowest BCUT2D eigenvalue weighted by Gasteiger charge is -2.12. The molecule has 5 rings (SSSR count). The number of carbonyl (C=O) groups is 1. The van der Waals surface area contributed by atoms with E-state index in [-0.39, 0.29) is 23.3 Å². The summed E-state index contributed by atoms with van der Waals surface area (Å²) in [6, 6.07) is 24.2. The highest BCUT2D eigenvalue weighted by molar-refractivity contribution is 7.99. The predicted molar refractivity (Wildman–Crippen MR) is 131 cm³/mol. The second-order valence-electron chi connectivity index (χ2n) is 7.74. The monoisotopic (exact) mass is 455 g/mol. The fourth-order valence-corrected chi connectivity index (χ4v) is 4.30. The van der Waals surface area contributed by atoms with Gasteiger partial charge in [-0.05, 0) is 61.4 Å². The Kier molecular flexibility index (Phi) is 5.99. The second-order valence-corrected chi connectivity index (χ2v) is 8.68. The highest BCUT2D eigenvalue weighted by Gasteiger charge is 2.28. The van der Waals surface area contributed by atoms with Gasteiger partial charge < -0.3 is 5.32 Å². The molecule has 1 aromatic heterocycles. The molecule has 0 bridgehead atoms. The molecule has 0 atom stereocenters. The van der Waals surface area contributed by atoms with E-state index in [1.807, 2.05) is 48.5 Å². The van der Waals surface area contributed by atoms with Gasteiger partial charge in [0, 0.05) is 11.7 Å². The van der Waals surface area contributed by atoms with E-state index in [0.29, 0.717) is 27.4 Å². The number of hydrogen-bond donors (Lipinski definition) is 1. The van der Waals surface area contributed by atoms with Crippen molar-refractivity contribution in [3.63, 3.8) is 0 Å². The maximum atomic E-state index is 12.9. The van der Waals surface area contributed by atoms with E-state index in [4.69, 9.17) is 0 Å². The van der Waals surface area contributed by atoms with Crippen molar-refractivity contribution in [2.45, 2.75) is 24.0 Å². The SMILES string of the molecule is O=C(CSc1nc2ccccc2c(=O)n1C1CC1)Nc1ccc(N=Nc2ccccc2)cc1. The van der Waals surface area contributed by atoms with Crippen LogP contribution >= 0.6 is 11.8 Å². The molecule has 1 aliphatic rings. The first-order valence-electron chi connectivity index (χ1n) is 10.7. The van der Waals surface area contributed by atoms with E-state index in [9.17, 15) is 9.59 Å². The van der Waals surface area contributed by atoms with Gasteiger partial charge in [0.25, 0.3) is 5.56 Å². The van der Waals surface area contributed by atoms with Crippen LogP contribution in [0.1, 0.15) is 18.9 Å². The van der Waals surface area contributed by atoms with Crippen molar-refractivity contribution in [2.24, 2.45) is 10.2 Å². The van der Waals surface area contributed by atoms with E-state index >= 15 is 0 Å². The standard InChI is InChI=1S/C25H21N5O2S/c31-23(26-17-10-12-19(13-11-17)29-28-18-6-2-1-3-7-18)16-33-25-27-22-9-5-4-8-21(22)24(32)30(25)20-14-15-20/h1-13,20H,14-16H2,(H,26,31). The van der Waals surface area contributed by atoms with E-state index in [1.165, 1.54) is 11.8 Å². The zero-order chi connectivity index (χ0) is 22.6. The van der Waals surface area contributed by atoms with Gasteiger partial charge in [-0.3, -0.25) is 14.2 Å². The number of thioether (sulfide) groups is 1. The van der Waals surface area contributed by atoms with Gasteiger partial charge in [0.05, 0.1) is 28.0 Å². The minimum atomic E-state index is -0.164. The molecule has 164 valence electrons. The normalized spacial score (nSPS) is 13.5. The van der Waals surface area contributed by atoms with Crippen LogP contribution in [0.4, 0.5) is 17.1 Å². The van der Waals surface area contributed by atoms with E-state index in [1.54, 1.807) is 34.9 Å². The van der Waals surface area contributed by atoms with Crippen LogP contribution in [0.3, 0.4) is 0 Å². The smallest absolute Gasteiger partial charge is 0.262 e. The van der Waals surface area contributed by atoms with Crippen LogP contribution in [0.15, 0.2) is 99.0 Å². The highest BCUT2D eigenvalue weighted by Crippen LogP contribution is 2.36. The molecule has 33 heavy (non-hydrogen) atoms. The number of nitrogens with zero attached hydrogens (tertiary/aromatic N) is 4. The number of fused-ring (bicyclic) bond motifs is 1. The number of nitrogens with one attached hydrogen (secondary N) is 1. The van der Waals surface area contributed by atoms with Gasteiger partial charge in [0.15, 0.2) is 5.16 Å². The quantitative estimate of drug-likeness (QED) is 0.214. The van der Waals surface area contributed by atoms with E-state index in [0.717, 1.165) is 18.5 Å². The molecule has 0 unspecified atom stereocenters. The topological polar surface area (TPSA) is 88.7 Å². The lowest BCUT2D eigenvalue weighted by molar-refractivity contribution is -0.113. The molecule has 7 nitrogen and oxygen atoms in total. The van der Waals surface area contributed by atoms with Gasteiger partial charge >= 0.3 is 0 Å². The van der Waals surface area contributed by atoms with Gasteiger partial charge in [0.1, 0.15) is 0 Å². The number of hydrogen-bond acceptors (Lipinski definition) is 6. The van der Waals surface area contributed by atoms with Crippen molar-refractivity contribution in [3.05, 3.63) is 89.2 Å². The molecule has 8 heteroatoms. The summed E-state index contributed by atoms with van der Waals surface area (Å²) >= 11 is 1.29. The van der Waals surface area contributed by atoms with Crippen molar-refractivity contribution in [2.75, 3.05) is 11.1 Å². The Bertz CT molecular complexity index is 1380. The third kappa shape index (κ3) is 5.01. The molecule has 1 fully saturated rings. The molecule has 0 radical (unpaired) electrons. The Morgan fingerprint density at radius 2 is 1.61 bits per heavy atom. The Balaban J connectivity index is 1.24. The van der Waals surface area contributed by atoms with Crippen LogP contribution in [0.2, 0.25) is 0 Å². The molecule has 0 spiro atoms. The number of rotatable bonds is 7. The van der Waals surface area contributed by atoms with Crippen LogP contribution in [0.5, 0.6) is 0 Å². The lowest BCUT2D eigenvalue weighted by atomic mass is 10.2. The molecule has 3 aromatic carbocycles.